The molecular weight excluding hydrogens is 288 g/mol. The van der Waals surface area contributed by atoms with Gasteiger partial charge in [-0.25, -0.2) is 0 Å². The molecule has 0 spiro atoms. The van der Waals surface area contributed by atoms with Crippen molar-refractivity contribution in [3.63, 3.8) is 0 Å². The number of benzene rings is 1. The lowest BCUT2D eigenvalue weighted by Gasteiger charge is -2.38. The minimum Gasteiger partial charge on any atom is -0.299 e. The highest BCUT2D eigenvalue weighted by molar-refractivity contribution is 9.10. The van der Waals surface area contributed by atoms with Crippen LogP contribution in [0.4, 0.5) is 0 Å². The number of halogens is 1. The first-order valence-corrected chi connectivity index (χ1v) is 7.26. The fourth-order valence-corrected chi connectivity index (χ4v) is 3.28. The molecule has 0 bridgehead atoms. The molecule has 1 aromatic carbocycles. The van der Waals surface area contributed by atoms with Crippen LogP contribution in [-0.2, 0) is 11.2 Å². The number of carbonyl (C=O) groups is 1. The third-order valence-corrected chi connectivity index (χ3v) is 4.95. The van der Waals surface area contributed by atoms with Crippen LogP contribution in [0.3, 0.4) is 0 Å². The average molecular weight is 307 g/mol. The summed E-state index contributed by atoms with van der Waals surface area (Å²) in [6.45, 7) is 6.11. The summed E-state index contributed by atoms with van der Waals surface area (Å²) in [4.78, 5) is 12.2. The van der Waals surface area contributed by atoms with Gasteiger partial charge < -0.3 is 0 Å². The van der Waals surface area contributed by atoms with E-state index in [0.717, 1.165) is 30.2 Å². The van der Waals surface area contributed by atoms with Crippen LogP contribution in [0.25, 0.3) is 0 Å². The molecular formula is C16H19BrO. The Labute approximate surface area is 117 Å². The minimum atomic E-state index is -0.0510. The number of hydrogen-bond donors (Lipinski definition) is 0. The monoisotopic (exact) mass is 306 g/mol. The predicted molar refractivity (Wildman–Crippen MR) is 78.5 cm³/mol. The second kappa shape index (κ2) is 5.40. The van der Waals surface area contributed by atoms with Crippen molar-refractivity contribution in [2.24, 2.45) is 11.3 Å². The quantitative estimate of drug-likeness (QED) is 0.749. The summed E-state index contributed by atoms with van der Waals surface area (Å²) in [6, 6.07) is 8.16. The Morgan fingerprint density at radius 2 is 2.22 bits per heavy atom. The fourth-order valence-electron chi connectivity index (χ4n) is 2.83. The van der Waals surface area contributed by atoms with Crippen molar-refractivity contribution < 1.29 is 4.79 Å². The molecule has 0 heterocycles. The minimum absolute atomic E-state index is 0.0510. The van der Waals surface area contributed by atoms with Gasteiger partial charge in [0.25, 0.3) is 0 Å². The number of ketones is 1. The van der Waals surface area contributed by atoms with Crippen LogP contribution in [0.15, 0.2) is 41.4 Å². The van der Waals surface area contributed by atoms with Gasteiger partial charge in [-0.3, -0.25) is 4.79 Å². The van der Waals surface area contributed by atoms with Gasteiger partial charge in [-0.1, -0.05) is 47.1 Å². The molecule has 1 fully saturated rings. The zero-order valence-corrected chi connectivity index (χ0v) is 12.4. The van der Waals surface area contributed by atoms with Crippen LogP contribution in [0.1, 0.15) is 31.7 Å². The Bertz CT molecular complexity index is 466. The number of Topliss-reactive ketones (excluding diaryl/α,β-unsaturated/α-hetero) is 1. The van der Waals surface area contributed by atoms with E-state index in [9.17, 15) is 4.79 Å². The van der Waals surface area contributed by atoms with E-state index in [-0.39, 0.29) is 11.3 Å². The van der Waals surface area contributed by atoms with Crippen LogP contribution in [-0.4, -0.2) is 5.78 Å². The molecule has 2 rings (SSSR count). The Morgan fingerprint density at radius 1 is 1.50 bits per heavy atom. The van der Waals surface area contributed by atoms with Gasteiger partial charge in [0.15, 0.2) is 0 Å². The lowest BCUT2D eigenvalue weighted by Crippen LogP contribution is -2.37. The van der Waals surface area contributed by atoms with Crippen LogP contribution in [0, 0.1) is 11.3 Å². The van der Waals surface area contributed by atoms with Crippen molar-refractivity contribution in [2.75, 3.05) is 0 Å². The van der Waals surface area contributed by atoms with Crippen molar-refractivity contribution in [1.82, 2.24) is 0 Å². The first-order valence-electron chi connectivity index (χ1n) is 6.46. The van der Waals surface area contributed by atoms with E-state index >= 15 is 0 Å². The van der Waals surface area contributed by atoms with Crippen molar-refractivity contribution >= 4 is 21.7 Å². The fraction of sp³-hybridized carbons (Fsp3) is 0.438. The van der Waals surface area contributed by atoms with E-state index in [2.05, 4.69) is 35.5 Å². The smallest absolute Gasteiger partial charge is 0.137 e. The van der Waals surface area contributed by atoms with E-state index in [4.69, 9.17) is 0 Å². The molecule has 2 atom stereocenters. The molecule has 0 aliphatic heterocycles. The van der Waals surface area contributed by atoms with Crippen molar-refractivity contribution in [3.05, 3.63) is 47.0 Å². The molecule has 1 aliphatic carbocycles. The van der Waals surface area contributed by atoms with E-state index in [1.165, 1.54) is 5.56 Å². The topological polar surface area (TPSA) is 17.1 Å². The Balaban J connectivity index is 2.27. The summed E-state index contributed by atoms with van der Waals surface area (Å²) in [5.74, 6) is 0.460. The standard InChI is InChI=1S/C16H19BrO/c1-3-16(2)10-6-9-15(18)13(16)11-12-7-4-5-8-14(12)17/h3-5,7-8,13H,1,6,9-11H2,2H3/t13-,16-/m0/s1. The SMILES string of the molecule is C=C[C@@]1(C)CCCC(=O)[C@@H]1Cc1ccccc1Br. The van der Waals surface area contributed by atoms with Gasteiger partial charge in [0.05, 0.1) is 0 Å². The highest BCUT2D eigenvalue weighted by Gasteiger charge is 2.39. The van der Waals surface area contributed by atoms with Gasteiger partial charge in [-0.15, -0.1) is 6.58 Å². The van der Waals surface area contributed by atoms with Crippen LogP contribution < -0.4 is 0 Å². The Hall–Kier alpha value is -0.890. The number of rotatable bonds is 3. The number of carbonyl (C=O) groups excluding carboxylic acids is 1. The van der Waals surface area contributed by atoms with Gasteiger partial charge in [-0.05, 0) is 36.3 Å². The Morgan fingerprint density at radius 3 is 2.89 bits per heavy atom. The second-order valence-corrected chi connectivity index (χ2v) is 6.23. The molecule has 1 aliphatic rings. The van der Waals surface area contributed by atoms with Crippen LogP contribution in [0.5, 0.6) is 0 Å². The molecule has 0 aromatic heterocycles. The summed E-state index contributed by atoms with van der Waals surface area (Å²) in [5, 5.41) is 0. The molecule has 0 N–H and O–H groups in total. The molecule has 18 heavy (non-hydrogen) atoms. The zero-order chi connectivity index (χ0) is 13.2. The number of hydrogen-bond acceptors (Lipinski definition) is 1. The lowest BCUT2D eigenvalue weighted by atomic mass is 9.65. The molecule has 0 amide bonds. The van der Waals surface area contributed by atoms with Crippen molar-refractivity contribution in [2.45, 2.75) is 32.6 Å². The molecule has 2 heteroatoms. The molecule has 0 unspecified atom stereocenters. The van der Waals surface area contributed by atoms with Gasteiger partial charge in [-0.2, -0.15) is 0 Å². The summed E-state index contributed by atoms with van der Waals surface area (Å²) < 4.78 is 1.09. The van der Waals surface area contributed by atoms with Gasteiger partial charge in [0, 0.05) is 16.8 Å². The van der Waals surface area contributed by atoms with Gasteiger partial charge in [0.1, 0.15) is 5.78 Å². The first kappa shape index (κ1) is 13.5. The first-order chi connectivity index (χ1) is 8.57. The summed E-state index contributed by atoms with van der Waals surface area (Å²) in [7, 11) is 0. The lowest BCUT2D eigenvalue weighted by molar-refractivity contribution is -0.128. The molecule has 96 valence electrons. The van der Waals surface area contributed by atoms with E-state index in [1.54, 1.807) is 0 Å². The van der Waals surface area contributed by atoms with E-state index in [1.807, 2.05) is 24.3 Å². The molecule has 1 nitrogen and oxygen atoms in total. The van der Waals surface area contributed by atoms with Crippen molar-refractivity contribution in [1.29, 1.82) is 0 Å². The second-order valence-electron chi connectivity index (χ2n) is 5.38. The normalized spacial score (nSPS) is 28.1. The van der Waals surface area contributed by atoms with Gasteiger partial charge in [0.2, 0.25) is 0 Å². The third kappa shape index (κ3) is 2.59. The van der Waals surface area contributed by atoms with Gasteiger partial charge >= 0.3 is 0 Å². The maximum absolute atomic E-state index is 12.2. The average Bonchev–Trinajstić information content (AvgIpc) is 2.36. The largest absolute Gasteiger partial charge is 0.299 e. The van der Waals surface area contributed by atoms with Crippen molar-refractivity contribution in [3.8, 4) is 0 Å². The Kier molecular flexibility index (Phi) is 4.06. The van der Waals surface area contributed by atoms with E-state index < -0.39 is 0 Å². The van der Waals surface area contributed by atoms with E-state index in [0.29, 0.717) is 5.78 Å². The predicted octanol–water partition coefficient (Wildman–Crippen LogP) is 4.55. The third-order valence-electron chi connectivity index (χ3n) is 4.17. The molecule has 1 saturated carbocycles. The maximum atomic E-state index is 12.2. The molecule has 0 radical (unpaired) electrons. The highest BCUT2D eigenvalue weighted by atomic mass is 79.9. The summed E-state index contributed by atoms with van der Waals surface area (Å²) in [6.07, 6.45) is 5.57. The summed E-state index contributed by atoms with van der Waals surface area (Å²) >= 11 is 3.57. The molecule has 1 aromatic rings. The summed E-state index contributed by atoms with van der Waals surface area (Å²) in [5.41, 5.74) is 1.16. The van der Waals surface area contributed by atoms with Crippen LogP contribution >= 0.6 is 15.9 Å². The highest BCUT2D eigenvalue weighted by Crippen LogP contribution is 2.42. The number of allylic oxidation sites excluding steroid dienone is 1. The zero-order valence-electron chi connectivity index (χ0n) is 10.8. The maximum Gasteiger partial charge on any atom is 0.137 e. The molecule has 0 saturated heterocycles. The van der Waals surface area contributed by atoms with Crippen LogP contribution in [0.2, 0.25) is 0 Å².